The van der Waals surface area contributed by atoms with Gasteiger partial charge in [0.2, 0.25) is 0 Å². The Morgan fingerprint density at radius 3 is 2.41 bits per heavy atom. The number of nitrogens with zero attached hydrogens (tertiary/aromatic N) is 1. The first-order valence-electron chi connectivity index (χ1n) is 8.49. The van der Waals surface area contributed by atoms with Gasteiger partial charge < -0.3 is 25.4 Å². The predicted octanol–water partition coefficient (Wildman–Crippen LogP) is 3.66. The highest BCUT2D eigenvalue weighted by atomic mass is 127. The third-order valence-electron chi connectivity index (χ3n) is 3.21. The molecule has 0 atom stereocenters. The number of hydrogen-bond acceptors (Lipinski definition) is 4. The largest absolute Gasteiger partial charge is 0.496 e. The molecule has 7 nitrogen and oxygen atoms in total. The zero-order valence-corrected chi connectivity index (χ0v) is 20.4. The molecule has 1 rings (SSSR count). The Balaban J connectivity index is 0.00000676. The van der Waals surface area contributed by atoms with Gasteiger partial charge in [0.15, 0.2) is 5.96 Å². The molecule has 0 unspecified atom stereocenters. The predicted molar refractivity (Wildman–Crippen MR) is 123 cm³/mol. The maximum absolute atomic E-state index is 11.5. The molecule has 0 bridgehead atoms. The Bertz CT molecular complexity index is 621. The topological polar surface area (TPSA) is 84.0 Å². The number of nitrogens with one attached hydrogen (secondary N) is 3. The first kappa shape index (κ1) is 25.8. The average molecular weight is 557 g/mol. The molecule has 27 heavy (non-hydrogen) atoms. The molecule has 1 aromatic carbocycles. The van der Waals surface area contributed by atoms with E-state index in [1.165, 1.54) is 0 Å². The van der Waals surface area contributed by atoms with Crippen molar-refractivity contribution in [1.29, 1.82) is 0 Å². The van der Waals surface area contributed by atoms with Gasteiger partial charge in [-0.1, -0.05) is 6.07 Å². The molecule has 0 spiro atoms. The summed E-state index contributed by atoms with van der Waals surface area (Å²) in [7, 11) is 3.36. The fraction of sp³-hybridized carbons (Fsp3) is 0.556. The number of hydrogen-bond donors (Lipinski definition) is 3. The van der Waals surface area contributed by atoms with Crippen LogP contribution in [0.25, 0.3) is 0 Å². The molecule has 0 aliphatic carbocycles. The van der Waals surface area contributed by atoms with Crippen LogP contribution in [0.1, 0.15) is 32.8 Å². The average Bonchev–Trinajstić information content (AvgIpc) is 2.55. The quantitative estimate of drug-likeness (QED) is 0.207. The normalized spacial score (nSPS) is 11.3. The summed E-state index contributed by atoms with van der Waals surface area (Å²) in [5.41, 5.74) is 0.622. The highest BCUT2D eigenvalue weighted by Gasteiger charge is 2.15. The number of carbonyl (C=O) groups is 1. The summed E-state index contributed by atoms with van der Waals surface area (Å²) < 4.78 is 11.3. The van der Waals surface area contributed by atoms with Gasteiger partial charge in [0.05, 0.1) is 11.6 Å². The van der Waals surface area contributed by atoms with Crippen molar-refractivity contribution in [1.82, 2.24) is 16.0 Å². The zero-order valence-electron chi connectivity index (χ0n) is 16.5. The molecule has 0 saturated carbocycles. The third-order valence-corrected chi connectivity index (χ3v) is 3.83. The Morgan fingerprint density at radius 1 is 1.19 bits per heavy atom. The maximum Gasteiger partial charge on any atom is 0.407 e. The van der Waals surface area contributed by atoms with Crippen LogP contribution in [-0.2, 0) is 11.3 Å². The first-order valence-corrected chi connectivity index (χ1v) is 9.28. The Labute approximate surface area is 187 Å². The molecule has 0 radical (unpaired) electrons. The van der Waals surface area contributed by atoms with E-state index in [0.29, 0.717) is 25.6 Å². The van der Waals surface area contributed by atoms with Crippen molar-refractivity contribution in [3.8, 4) is 5.75 Å². The molecule has 3 N–H and O–H groups in total. The molecular weight excluding hydrogens is 527 g/mol. The number of aliphatic imine (C=N–C) groups is 1. The Hall–Kier alpha value is -1.23. The fourth-order valence-electron chi connectivity index (χ4n) is 2.03. The molecule has 9 heteroatoms. The van der Waals surface area contributed by atoms with Gasteiger partial charge in [-0.25, -0.2) is 4.79 Å². The van der Waals surface area contributed by atoms with Crippen molar-refractivity contribution in [3.05, 3.63) is 28.2 Å². The van der Waals surface area contributed by atoms with E-state index in [2.05, 4.69) is 36.9 Å². The van der Waals surface area contributed by atoms with Crippen LogP contribution in [0.2, 0.25) is 0 Å². The minimum Gasteiger partial charge on any atom is -0.496 e. The highest BCUT2D eigenvalue weighted by Crippen LogP contribution is 2.25. The van der Waals surface area contributed by atoms with Crippen molar-refractivity contribution < 1.29 is 14.3 Å². The lowest BCUT2D eigenvalue weighted by atomic mass is 10.2. The molecule has 0 fully saturated rings. The Morgan fingerprint density at radius 2 is 1.85 bits per heavy atom. The van der Waals surface area contributed by atoms with Crippen LogP contribution < -0.4 is 20.7 Å². The highest BCUT2D eigenvalue weighted by molar-refractivity contribution is 14.0. The molecule has 1 amide bonds. The van der Waals surface area contributed by atoms with Gasteiger partial charge in [-0.15, -0.1) is 24.0 Å². The summed E-state index contributed by atoms with van der Waals surface area (Å²) >= 11 is 3.48. The van der Waals surface area contributed by atoms with Gasteiger partial charge in [-0.05, 0) is 60.8 Å². The van der Waals surface area contributed by atoms with Crippen LogP contribution in [0, 0.1) is 0 Å². The Kier molecular flexibility index (Phi) is 12.4. The van der Waals surface area contributed by atoms with E-state index in [4.69, 9.17) is 9.47 Å². The minimum absolute atomic E-state index is 0. The molecule has 0 aromatic heterocycles. The summed E-state index contributed by atoms with van der Waals surface area (Å²) in [6, 6.07) is 5.91. The van der Waals surface area contributed by atoms with Gasteiger partial charge in [0.1, 0.15) is 11.4 Å². The number of guanidine groups is 1. The van der Waals surface area contributed by atoms with Crippen LogP contribution in [0.3, 0.4) is 0 Å². The smallest absolute Gasteiger partial charge is 0.407 e. The van der Waals surface area contributed by atoms with Gasteiger partial charge in [0.25, 0.3) is 0 Å². The van der Waals surface area contributed by atoms with Crippen molar-refractivity contribution in [3.63, 3.8) is 0 Å². The molecule has 154 valence electrons. The molecule has 0 aliphatic rings. The SMILES string of the molecule is CN=C(NCCCNC(=O)OC(C)(C)C)NCc1ccc(OC)c(Br)c1.I. The monoisotopic (exact) mass is 556 g/mol. The van der Waals surface area contributed by atoms with Gasteiger partial charge in [-0.2, -0.15) is 0 Å². The zero-order chi connectivity index (χ0) is 19.6. The standard InChI is InChI=1S/C18H29BrN4O3.HI/c1-18(2,3)26-17(24)22-10-6-9-21-16(20-4)23-12-13-7-8-15(25-5)14(19)11-13;/h7-8,11H,6,9-10,12H2,1-5H3,(H,22,24)(H2,20,21,23);1H. The number of carbonyl (C=O) groups excluding carboxylic acids is 1. The number of benzene rings is 1. The van der Waals surface area contributed by atoms with Gasteiger partial charge in [-0.3, -0.25) is 4.99 Å². The lowest BCUT2D eigenvalue weighted by molar-refractivity contribution is 0.0527. The second-order valence-electron chi connectivity index (χ2n) is 6.60. The summed E-state index contributed by atoms with van der Waals surface area (Å²) in [6.45, 7) is 7.37. The number of halogens is 2. The van der Waals surface area contributed by atoms with E-state index in [1.807, 2.05) is 39.0 Å². The van der Waals surface area contributed by atoms with E-state index in [-0.39, 0.29) is 24.0 Å². The van der Waals surface area contributed by atoms with E-state index in [0.717, 1.165) is 22.2 Å². The van der Waals surface area contributed by atoms with Gasteiger partial charge in [0, 0.05) is 26.7 Å². The third kappa shape index (κ3) is 11.3. The van der Waals surface area contributed by atoms with E-state index in [9.17, 15) is 4.79 Å². The number of ether oxygens (including phenoxy) is 2. The van der Waals surface area contributed by atoms with Crippen LogP contribution in [-0.4, -0.2) is 44.9 Å². The molecule has 1 aromatic rings. The summed E-state index contributed by atoms with van der Waals surface area (Å²) in [4.78, 5) is 15.7. The number of rotatable bonds is 7. The summed E-state index contributed by atoms with van der Waals surface area (Å²) in [5, 5.41) is 9.18. The molecular formula is C18H30BrIN4O3. The van der Waals surface area contributed by atoms with E-state index in [1.54, 1.807) is 14.2 Å². The molecule has 0 saturated heterocycles. The summed E-state index contributed by atoms with van der Waals surface area (Å²) in [5.74, 6) is 1.50. The van der Waals surface area contributed by atoms with E-state index >= 15 is 0 Å². The van der Waals surface area contributed by atoms with Crippen molar-refractivity contribution in [2.24, 2.45) is 4.99 Å². The lowest BCUT2D eigenvalue weighted by Gasteiger charge is -2.19. The van der Waals surface area contributed by atoms with Crippen LogP contribution in [0.15, 0.2) is 27.7 Å². The number of methoxy groups -OCH3 is 1. The lowest BCUT2D eigenvalue weighted by Crippen LogP contribution is -2.39. The number of alkyl carbamates (subject to hydrolysis) is 1. The molecule has 0 aliphatic heterocycles. The van der Waals surface area contributed by atoms with Crippen molar-refractivity contribution >= 4 is 52.0 Å². The van der Waals surface area contributed by atoms with Crippen molar-refractivity contribution in [2.75, 3.05) is 27.2 Å². The minimum atomic E-state index is -0.481. The summed E-state index contributed by atoms with van der Waals surface area (Å²) in [6.07, 6.45) is 0.360. The van der Waals surface area contributed by atoms with Crippen molar-refractivity contribution in [2.45, 2.75) is 39.3 Å². The second kappa shape index (κ2) is 13.0. The van der Waals surface area contributed by atoms with Gasteiger partial charge >= 0.3 is 6.09 Å². The second-order valence-corrected chi connectivity index (χ2v) is 7.46. The van der Waals surface area contributed by atoms with Crippen LogP contribution >= 0.6 is 39.9 Å². The first-order chi connectivity index (χ1) is 12.2. The van der Waals surface area contributed by atoms with Crippen LogP contribution in [0.5, 0.6) is 5.75 Å². The number of amides is 1. The molecule has 0 heterocycles. The maximum atomic E-state index is 11.5. The van der Waals surface area contributed by atoms with E-state index < -0.39 is 11.7 Å². The fourth-order valence-corrected chi connectivity index (χ4v) is 2.61. The van der Waals surface area contributed by atoms with Crippen LogP contribution in [0.4, 0.5) is 4.79 Å².